The predicted molar refractivity (Wildman–Crippen MR) is 157 cm³/mol. The number of alkyl halides is 2. The molecule has 0 spiro atoms. The zero-order valence-electron chi connectivity index (χ0n) is 23.5. The highest BCUT2D eigenvalue weighted by Crippen LogP contribution is 2.32. The first-order chi connectivity index (χ1) is 20.7. The van der Waals surface area contributed by atoms with Gasteiger partial charge in [0.1, 0.15) is 11.5 Å². The number of nitrogen functional groups attached to an aromatic ring is 2. The van der Waals surface area contributed by atoms with Crippen LogP contribution < -0.4 is 20.9 Å². The Kier molecular flexibility index (Phi) is 12.3. The number of hydrogen-bond donors (Lipinski definition) is 2. The van der Waals surface area contributed by atoms with Gasteiger partial charge in [0, 0.05) is 30.3 Å². The fourth-order valence-corrected chi connectivity index (χ4v) is 3.76. The highest BCUT2D eigenvalue weighted by atomic mass is 19.3. The molecule has 0 aliphatic rings. The third kappa shape index (κ3) is 11.4. The van der Waals surface area contributed by atoms with Crippen molar-refractivity contribution in [1.82, 2.24) is 0 Å². The normalized spacial score (nSPS) is 11.1. The molecule has 0 saturated heterocycles. The van der Waals surface area contributed by atoms with Crippen molar-refractivity contribution in [2.24, 2.45) is 0 Å². The van der Waals surface area contributed by atoms with Gasteiger partial charge in [0.2, 0.25) is 0 Å². The molecule has 3 aromatic carbocycles. The van der Waals surface area contributed by atoms with Crippen LogP contribution in [0.2, 0.25) is 0 Å². The molecule has 0 aliphatic carbocycles. The van der Waals surface area contributed by atoms with Crippen molar-refractivity contribution in [3.8, 4) is 17.6 Å². The van der Waals surface area contributed by atoms with E-state index in [2.05, 4.69) is 6.07 Å². The van der Waals surface area contributed by atoms with Crippen molar-refractivity contribution >= 4 is 29.4 Å². The lowest BCUT2D eigenvalue weighted by molar-refractivity contribution is -0.185. The molecular weight excluding hydrogens is 560 g/mol. The maximum Gasteiger partial charge on any atom is 0.426 e. The summed E-state index contributed by atoms with van der Waals surface area (Å²) in [6.07, 6.45) is 2.31. The van der Waals surface area contributed by atoms with Crippen LogP contribution in [0.1, 0.15) is 53.6 Å². The Balaban J connectivity index is 1.38. The SMILES string of the molecule is N#CCCCCCOc1ccc(C(F)(F)Oc2ccc(/C=C/C(=O)OCCCOC(=O)c3cc(N)cc(N)c3)cc2)cc1. The maximum atomic E-state index is 14.7. The molecule has 0 aliphatic heterocycles. The van der Waals surface area contributed by atoms with E-state index < -0.39 is 18.0 Å². The van der Waals surface area contributed by atoms with Crippen molar-refractivity contribution in [2.75, 3.05) is 31.3 Å². The molecule has 0 bridgehead atoms. The fraction of sp³-hybridized carbons (Fsp3) is 0.281. The van der Waals surface area contributed by atoms with Crippen LogP contribution in [0.5, 0.6) is 11.5 Å². The Morgan fingerprint density at radius 3 is 2.14 bits per heavy atom. The van der Waals surface area contributed by atoms with Crippen molar-refractivity contribution < 1.29 is 37.3 Å². The summed E-state index contributed by atoms with van der Waals surface area (Å²) in [6.45, 7) is 0.489. The van der Waals surface area contributed by atoms with E-state index in [0.29, 0.717) is 35.7 Å². The molecule has 43 heavy (non-hydrogen) atoms. The van der Waals surface area contributed by atoms with Crippen LogP contribution in [-0.4, -0.2) is 31.8 Å². The summed E-state index contributed by atoms with van der Waals surface area (Å²) in [4.78, 5) is 24.0. The second-order valence-electron chi connectivity index (χ2n) is 9.41. The molecule has 9 nitrogen and oxygen atoms in total. The molecule has 0 radical (unpaired) electrons. The van der Waals surface area contributed by atoms with Crippen LogP contribution >= 0.6 is 0 Å². The molecule has 4 N–H and O–H groups in total. The first-order valence-corrected chi connectivity index (χ1v) is 13.6. The number of ether oxygens (including phenoxy) is 4. The smallest absolute Gasteiger partial charge is 0.426 e. The van der Waals surface area contributed by atoms with E-state index in [4.69, 9.17) is 35.7 Å². The number of anilines is 2. The molecule has 3 rings (SSSR count). The van der Waals surface area contributed by atoms with E-state index in [9.17, 15) is 18.4 Å². The van der Waals surface area contributed by atoms with E-state index in [0.717, 1.165) is 19.3 Å². The highest BCUT2D eigenvalue weighted by molar-refractivity contribution is 5.91. The molecule has 0 unspecified atom stereocenters. The van der Waals surface area contributed by atoms with Crippen LogP contribution in [-0.2, 0) is 20.4 Å². The van der Waals surface area contributed by atoms with Crippen LogP contribution in [0.3, 0.4) is 0 Å². The van der Waals surface area contributed by atoms with Gasteiger partial charge in [-0.25, -0.2) is 9.59 Å². The van der Waals surface area contributed by atoms with Gasteiger partial charge in [-0.1, -0.05) is 12.1 Å². The van der Waals surface area contributed by atoms with Crippen LogP contribution in [0.15, 0.2) is 72.8 Å². The third-order valence-electron chi connectivity index (χ3n) is 5.91. The molecule has 0 fully saturated rings. The summed E-state index contributed by atoms with van der Waals surface area (Å²) in [7, 11) is 0. The Morgan fingerprint density at radius 2 is 1.47 bits per heavy atom. The number of halogens is 2. The van der Waals surface area contributed by atoms with Crippen LogP contribution in [0, 0.1) is 11.3 Å². The highest BCUT2D eigenvalue weighted by Gasteiger charge is 2.34. The summed E-state index contributed by atoms with van der Waals surface area (Å²) in [5, 5.41) is 8.53. The topological polar surface area (TPSA) is 147 Å². The largest absolute Gasteiger partial charge is 0.494 e. The number of esters is 2. The van der Waals surface area contributed by atoms with Gasteiger partial charge in [0.15, 0.2) is 0 Å². The molecule has 226 valence electrons. The van der Waals surface area contributed by atoms with Gasteiger partial charge < -0.3 is 30.4 Å². The number of benzene rings is 3. The molecule has 3 aromatic rings. The van der Waals surface area contributed by atoms with Gasteiger partial charge >= 0.3 is 18.0 Å². The Labute approximate surface area is 248 Å². The van der Waals surface area contributed by atoms with Crippen molar-refractivity contribution in [1.29, 1.82) is 5.26 Å². The first kappa shape index (κ1) is 32.4. The monoisotopic (exact) mass is 593 g/mol. The molecule has 0 atom stereocenters. The summed E-state index contributed by atoms with van der Waals surface area (Å²) in [5.74, 6) is -0.793. The van der Waals surface area contributed by atoms with E-state index in [-0.39, 0.29) is 36.5 Å². The lowest BCUT2D eigenvalue weighted by Gasteiger charge is -2.18. The van der Waals surface area contributed by atoms with Gasteiger partial charge in [-0.2, -0.15) is 14.0 Å². The van der Waals surface area contributed by atoms with Gasteiger partial charge in [-0.3, -0.25) is 0 Å². The molecule has 0 amide bonds. The van der Waals surface area contributed by atoms with Crippen LogP contribution in [0.4, 0.5) is 20.2 Å². The predicted octanol–water partition coefficient (Wildman–Crippen LogP) is 6.25. The zero-order valence-corrected chi connectivity index (χ0v) is 23.5. The van der Waals surface area contributed by atoms with Crippen LogP contribution in [0.25, 0.3) is 6.08 Å². The number of hydrogen-bond acceptors (Lipinski definition) is 9. The number of rotatable bonds is 16. The minimum absolute atomic E-state index is 0.0217. The number of unbranched alkanes of at least 4 members (excludes halogenated alkanes) is 3. The summed E-state index contributed by atoms with van der Waals surface area (Å²) < 4.78 is 50.0. The van der Waals surface area contributed by atoms with Gasteiger partial charge in [-0.05, 0) is 85.5 Å². The number of nitriles is 1. The number of nitrogens with zero attached hydrogens (tertiary/aromatic N) is 1. The zero-order chi connectivity index (χ0) is 31.1. The number of nitrogens with two attached hydrogens (primary N) is 2. The standard InChI is InChI=1S/C32H33F2N3O6/c33-32(34,25-9-13-28(14-10-25)40-17-4-2-1-3-16-35)43-29-11-6-23(7-12-29)8-15-30(38)41-18-5-19-42-31(39)24-20-26(36)22-27(37)21-24/h6-15,20-22H,1-5,17-19,36-37H2/b15-8+. The Morgan fingerprint density at radius 1 is 0.814 bits per heavy atom. The molecule has 0 heterocycles. The van der Waals surface area contributed by atoms with Gasteiger partial charge in [-0.15, -0.1) is 0 Å². The third-order valence-corrected chi connectivity index (χ3v) is 5.91. The Bertz CT molecular complexity index is 1400. The minimum Gasteiger partial charge on any atom is -0.494 e. The van der Waals surface area contributed by atoms with E-state index in [1.165, 1.54) is 78.9 Å². The van der Waals surface area contributed by atoms with E-state index >= 15 is 0 Å². The molecule has 0 saturated carbocycles. The van der Waals surface area contributed by atoms with E-state index in [1.54, 1.807) is 0 Å². The average molecular weight is 594 g/mol. The number of carbonyl (C=O) groups is 2. The molecule has 11 heteroatoms. The summed E-state index contributed by atoms with van der Waals surface area (Å²) >= 11 is 0. The number of carbonyl (C=O) groups excluding carboxylic acids is 2. The summed E-state index contributed by atoms with van der Waals surface area (Å²) in [6, 6.07) is 17.7. The first-order valence-electron chi connectivity index (χ1n) is 13.6. The fourth-order valence-electron chi connectivity index (χ4n) is 3.76. The van der Waals surface area contributed by atoms with Crippen molar-refractivity contribution in [2.45, 2.75) is 38.2 Å². The lowest BCUT2D eigenvalue weighted by atomic mass is 10.2. The second-order valence-corrected chi connectivity index (χ2v) is 9.41. The quantitative estimate of drug-likeness (QED) is 0.0852. The second kappa shape index (κ2) is 16.4. The van der Waals surface area contributed by atoms with Gasteiger partial charge in [0.05, 0.1) is 37.0 Å². The summed E-state index contributed by atoms with van der Waals surface area (Å²) in [5.41, 5.74) is 12.5. The van der Waals surface area contributed by atoms with Gasteiger partial charge in [0.25, 0.3) is 0 Å². The van der Waals surface area contributed by atoms with E-state index in [1.807, 2.05) is 0 Å². The lowest BCUT2D eigenvalue weighted by Crippen LogP contribution is -2.21. The van der Waals surface area contributed by atoms with Crippen molar-refractivity contribution in [3.63, 3.8) is 0 Å². The Hall–Kier alpha value is -5.11. The average Bonchev–Trinajstić information content (AvgIpc) is 2.98. The van der Waals surface area contributed by atoms with Crippen molar-refractivity contribution in [3.05, 3.63) is 89.5 Å². The minimum atomic E-state index is -3.58. The molecule has 0 aromatic heterocycles. The molecular formula is C32H33F2N3O6. The maximum absolute atomic E-state index is 14.7.